The van der Waals surface area contributed by atoms with Crippen LogP contribution in [0.4, 0.5) is 4.39 Å². The van der Waals surface area contributed by atoms with Crippen LogP contribution in [0.25, 0.3) is 0 Å². The first-order valence-corrected chi connectivity index (χ1v) is 7.11. The van der Waals surface area contributed by atoms with Crippen LogP contribution in [0.5, 0.6) is 0 Å². The summed E-state index contributed by atoms with van der Waals surface area (Å²) in [5.74, 6) is -0.139. The molecule has 0 aliphatic heterocycles. The Balaban J connectivity index is 2.23. The molecule has 2 aromatic carbocycles. The van der Waals surface area contributed by atoms with Crippen molar-refractivity contribution in [3.8, 4) is 0 Å². The minimum absolute atomic E-state index is 0.152. The van der Waals surface area contributed by atoms with Gasteiger partial charge >= 0.3 is 0 Å². The third-order valence-electron chi connectivity index (χ3n) is 2.67. The fourth-order valence-electron chi connectivity index (χ4n) is 1.74. The van der Waals surface area contributed by atoms with Gasteiger partial charge in [-0.3, -0.25) is 4.79 Å². The lowest BCUT2D eigenvalue weighted by molar-refractivity contribution is 0.101. The van der Waals surface area contributed by atoms with Crippen molar-refractivity contribution in [1.29, 1.82) is 0 Å². The number of rotatable bonds is 4. The SMILES string of the molecule is CC(=O)c1c(F)cccc1SCc1ccccc1Cl. The van der Waals surface area contributed by atoms with Gasteiger partial charge in [-0.15, -0.1) is 11.8 Å². The highest BCUT2D eigenvalue weighted by Crippen LogP contribution is 2.30. The quantitative estimate of drug-likeness (QED) is 0.585. The van der Waals surface area contributed by atoms with E-state index < -0.39 is 5.82 Å². The summed E-state index contributed by atoms with van der Waals surface area (Å²) < 4.78 is 13.6. The topological polar surface area (TPSA) is 17.1 Å². The summed E-state index contributed by atoms with van der Waals surface area (Å²) in [4.78, 5) is 12.1. The standard InChI is InChI=1S/C15H12ClFOS/c1-10(18)15-13(17)7-4-8-14(15)19-9-11-5-2-3-6-12(11)16/h2-8H,9H2,1H3. The van der Waals surface area contributed by atoms with Gasteiger partial charge in [0.2, 0.25) is 0 Å². The molecule has 1 nitrogen and oxygen atoms in total. The smallest absolute Gasteiger partial charge is 0.163 e. The molecule has 0 amide bonds. The monoisotopic (exact) mass is 294 g/mol. The van der Waals surface area contributed by atoms with E-state index in [0.717, 1.165) is 5.56 Å². The Bertz CT molecular complexity index is 613. The second-order valence-electron chi connectivity index (χ2n) is 4.05. The molecule has 0 fully saturated rings. The van der Waals surface area contributed by atoms with Crippen LogP contribution in [-0.4, -0.2) is 5.78 Å². The second-order valence-corrected chi connectivity index (χ2v) is 5.47. The molecule has 0 spiro atoms. The van der Waals surface area contributed by atoms with Crippen molar-refractivity contribution >= 4 is 29.1 Å². The summed E-state index contributed by atoms with van der Waals surface area (Å²) in [7, 11) is 0. The lowest BCUT2D eigenvalue weighted by Gasteiger charge is -2.08. The van der Waals surface area contributed by atoms with Crippen LogP contribution in [0.2, 0.25) is 5.02 Å². The van der Waals surface area contributed by atoms with Crippen molar-refractivity contribution in [3.05, 3.63) is 64.4 Å². The molecule has 0 aliphatic carbocycles. The number of thioether (sulfide) groups is 1. The molecule has 0 aliphatic rings. The van der Waals surface area contributed by atoms with E-state index in [1.54, 1.807) is 12.1 Å². The Hall–Kier alpha value is -1.32. The van der Waals surface area contributed by atoms with Crippen molar-refractivity contribution in [2.75, 3.05) is 0 Å². The minimum atomic E-state index is -0.475. The summed E-state index contributed by atoms with van der Waals surface area (Å²) in [5, 5.41) is 0.677. The fourth-order valence-corrected chi connectivity index (χ4v) is 3.14. The average Bonchev–Trinajstić information content (AvgIpc) is 2.37. The molecule has 0 saturated carbocycles. The zero-order valence-electron chi connectivity index (χ0n) is 10.3. The van der Waals surface area contributed by atoms with Gasteiger partial charge in [-0.05, 0) is 30.7 Å². The Labute approximate surface area is 120 Å². The molecule has 0 atom stereocenters. The van der Waals surface area contributed by atoms with E-state index in [9.17, 15) is 9.18 Å². The number of hydrogen-bond donors (Lipinski definition) is 0. The van der Waals surface area contributed by atoms with Crippen LogP contribution in [-0.2, 0) is 5.75 Å². The number of carbonyl (C=O) groups excluding carboxylic acids is 1. The van der Waals surface area contributed by atoms with Crippen molar-refractivity contribution in [3.63, 3.8) is 0 Å². The Morgan fingerprint density at radius 3 is 2.63 bits per heavy atom. The number of halogens is 2. The molecule has 98 valence electrons. The molecule has 0 saturated heterocycles. The second kappa shape index (κ2) is 6.22. The van der Waals surface area contributed by atoms with Gasteiger partial charge in [0.25, 0.3) is 0 Å². The van der Waals surface area contributed by atoms with Crippen molar-refractivity contribution in [2.45, 2.75) is 17.6 Å². The van der Waals surface area contributed by atoms with E-state index in [4.69, 9.17) is 11.6 Å². The van der Waals surface area contributed by atoms with Gasteiger partial charge in [0.1, 0.15) is 5.82 Å². The largest absolute Gasteiger partial charge is 0.294 e. The van der Waals surface area contributed by atoms with Crippen molar-refractivity contribution in [1.82, 2.24) is 0 Å². The van der Waals surface area contributed by atoms with Gasteiger partial charge < -0.3 is 0 Å². The van der Waals surface area contributed by atoms with E-state index in [1.165, 1.54) is 24.8 Å². The predicted octanol–water partition coefficient (Wildman–Crippen LogP) is 4.97. The molecule has 19 heavy (non-hydrogen) atoms. The normalized spacial score (nSPS) is 10.5. The molecule has 0 aromatic heterocycles. The molecule has 4 heteroatoms. The van der Waals surface area contributed by atoms with Crippen LogP contribution < -0.4 is 0 Å². The summed E-state index contributed by atoms with van der Waals surface area (Å²) in [6.45, 7) is 1.37. The number of hydrogen-bond acceptors (Lipinski definition) is 2. The van der Waals surface area contributed by atoms with E-state index in [2.05, 4.69) is 0 Å². The van der Waals surface area contributed by atoms with Crippen LogP contribution in [0.1, 0.15) is 22.8 Å². The number of Topliss-reactive ketones (excluding diaryl/α,β-unsaturated/α-hetero) is 1. The summed E-state index contributed by atoms with van der Waals surface area (Å²) in [6.07, 6.45) is 0. The average molecular weight is 295 g/mol. The third-order valence-corrected chi connectivity index (χ3v) is 4.14. The van der Waals surface area contributed by atoms with E-state index in [1.807, 2.05) is 24.3 Å². The highest BCUT2D eigenvalue weighted by Gasteiger charge is 2.13. The molecule has 2 aromatic rings. The first-order valence-electron chi connectivity index (χ1n) is 5.75. The molecular formula is C15H12ClFOS. The molecule has 2 rings (SSSR count). The Morgan fingerprint density at radius 1 is 1.21 bits per heavy atom. The van der Waals surface area contributed by atoms with Crippen LogP contribution in [0.3, 0.4) is 0 Å². The zero-order valence-corrected chi connectivity index (χ0v) is 11.9. The summed E-state index contributed by atoms with van der Waals surface area (Å²) >= 11 is 7.48. The van der Waals surface area contributed by atoms with Gasteiger partial charge in [-0.1, -0.05) is 35.9 Å². The number of benzene rings is 2. The van der Waals surface area contributed by atoms with Crippen LogP contribution in [0, 0.1) is 5.82 Å². The molecule has 0 unspecified atom stereocenters. The lowest BCUT2D eigenvalue weighted by atomic mass is 10.1. The molecule has 0 heterocycles. The Morgan fingerprint density at radius 2 is 1.95 bits per heavy atom. The fraction of sp³-hybridized carbons (Fsp3) is 0.133. The predicted molar refractivity (Wildman–Crippen MR) is 77.4 cm³/mol. The van der Waals surface area contributed by atoms with Gasteiger partial charge in [0.05, 0.1) is 5.56 Å². The van der Waals surface area contributed by atoms with E-state index >= 15 is 0 Å². The summed E-state index contributed by atoms with van der Waals surface area (Å²) in [6, 6.07) is 12.2. The Kier molecular flexibility index (Phi) is 4.61. The maximum absolute atomic E-state index is 13.6. The van der Waals surface area contributed by atoms with Gasteiger partial charge in [0.15, 0.2) is 5.78 Å². The van der Waals surface area contributed by atoms with Crippen molar-refractivity contribution < 1.29 is 9.18 Å². The first-order chi connectivity index (χ1) is 9.09. The first kappa shape index (κ1) is 14.1. The van der Waals surface area contributed by atoms with Crippen molar-refractivity contribution in [2.24, 2.45) is 0 Å². The summed E-state index contributed by atoms with van der Waals surface area (Å²) in [5.41, 5.74) is 1.12. The van der Waals surface area contributed by atoms with Gasteiger partial charge in [0, 0.05) is 15.7 Å². The highest BCUT2D eigenvalue weighted by atomic mass is 35.5. The zero-order chi connectivity index (χ0) is 13.8. The molecule has 0 radical (unpaired) electrons. The number of carbonyl (C=O) groups is 1. The number of ketones is 1. The molecule has 0 bridgehead atoms. The van der Waals surface area contributed by atoms with E-state index in [-0.39, 0.29) is 11.3 Å². The molecular weight excluding hydrogens is 283 g/mol. The lowest BCUT2D eigenvalue weighted by Crippen LogP contribution is -1.99. The highest BCUT2D eigenvalue weighted by molar-refractivity contribution is 7.98. The van der Waals surface area contributed by atoms with Crippen LogP contribution in [0.15, 0.2) is 47.4 Å². The third kappa shape index (κ3) is 3.37. The maximum Gasteiger partial charge on any atom is 0.163 e. The molecule has 0 N–H and O–H groups in total. The maximum atomic E-state index is 13.6. The van der Waals surface area contributed by atoms with Crippen LogP contribution >= 0.6 is 23.4 Å². The van der Waals surface area contributed by atoms with Gasteiger partial charge in [-0.2, -0.15) is 0 Å². The van der Waals surface area contributed by atoms with E-state index in [0.29, 0.717) is 15.7 Å². The van der Waals surface area contributed by atoms with Gasteiger partial charge in [-0.25, -0.2) is 4.39 Å². The minimum Gasteiger partial charge on any atom is -0.294 e.